The average Bonchev–Trinajstić information content (AvgIpc) is 2.50. The number of Topliss-reactive ketones (excluding diaryl/α,β-unsaturated/α-hetero) is 1. The van der Waals surface area contributed by atoms with Gasteiger partial charge in [0.15, 0.2) is 17.1 Å². The summed E-state index contributed by atoms with van der Waals surface area (Å²) >= 11 is 1.11. The number of carboxylic acid groups (broad SMARTS) is 1. The van der Waals surface area contributed by atoms with Gasteiger partial charge in [0.25, 0.3) is 0 Å². The number of thioether (sulfide) groups is 1. The largest absolute Gasteiger partial charge is 0.507 e. The lowest BCUT2D eigenvalue weighted by Crippen LogP contribution is -2.46. The van der Waals surface area contributed by atoms with Crippen LogP contribution in [0.5, 0.6) is 0 Å². The lowest BCUT2D eigenvalue weighted by atomic mass is 9.87. The first-order chi connectivity index (χ1) is 10.9. The summed E-state index contributed by atoms with van der Waals surface area (Å²) < 4.78 is 4.80. The Kier molecular flexibility index (Phi) is 5.79. The molecular formula is C16H19NO5S. The Morgan fingerprint density at radius 1 is 1.39 bits per heavy atom. The van der Waals surface area contributed by atoms with Crippen LogP contribution in [-0.4, -0.2) is 34.1 Å². The van der Waals surface area contributed by atoms with Crippen LogP contribution >= 0.6 is 11.8 Å². The Labute approximate surface area is 138 Å². The molecular weight excluding hydrogens is 318 g/mol. The Hall–Kier alpha value is -1.86. The van der Waals surface area contributed by atoms with Crippen molar-refractivity contribution < 1.29 is 24.2 Å². The number of hydrogen-bond donors (Lipinski definition) is 2. The summed E-state index contributed by atoms with van der Waals surface area (Å²) in [5.41, 5.74) is 1.73. The third-order valence-electron chi connectivity index (χ3n) is 3.67. The molecule has 0 aliphatic carbocycles. The van der Waals surface area contributed by atoms with Crippen molar-refractivity contribution in [2.75, 3.05) is 5.75 Å². The van der Waals surface area contributed by atoms with Crippen LogP contribution in [0, 0.1) is 5.92 Å². The summed E-state index contributed by atoms with van der Waals surface area (Å²) in [7, 11) is 0. The minimum absolute atomic E-state index is 0.0336. The van der Waals surface area contributed by atoms with Crippen molar-refractivity contribution in [3.63, 3.8) is 0 Å². The molecule has 0 fully saturated rings. The quantitative estimate of drug-likeness (QED) is 0.797. The van der Waals surface area contributed by atoms with E-state index in [1.807, 2.05) is 24.3 Å². The van der Waals surface area contributed by atoms with Crippen LogP contribution in [0.1, 0.15) is 31.0 Å². The van der Waals surface area contributed by atoms with Gasteiger partial charge in [-0.1, -0.05) is 43.0 Å². The molecule has 0 amide bonds. The number of ketones is 1. The van der Waals surface area contributed by atoms with Crippen molar-refractivity contribution in [3.05, 3.63) is 35.4 Å². The number of fused-ring (bicyclic) bond motifs is 1. The fraction of sp³-hybridized carbons (Fsp3) is 0.438. The van der Waals surface area contributed by atoms with Gasteiger partial charge < -0.3 is 9.84 Å². The molecule has 3 atom stereocenters. The van der Waals surface area contributed by atoms with E-state index in [1.54, 1.807) is 6.92 Å². The Bertz CT molecular complexity index is 618. The van der Waals surface area contributed by atoms with Crippen molar-refractivity contribution in [1.29, 1.82) is 0 Å². The monoisotopic (exact) mass is 337 g/mol. The highest BCUT2D eigenvalue weighted by molar-refractivity contribution is 8.13. The summed E-state index contributed by atoms with van der Waals surface area (Å²) in [4.78, 5) is 34.6. The number of ether oxygens (including phenoxy) is 1. The van der Waals surface area contributed by atoms with E-state index in [-0.39, 0.29) is 16.8 Å². The standard InChI is InChI=1S/C16H19NO5S/c1-9(8-23-10(2)18)15(19)14-12-6-4-3-5-11(12)7-13(17-14)22-16(20)21/h3-6,9,13-14,17H,7-8H2,1-2H3,(H,20,21). The lowest BCUT2D eigenvalue weighted by Gasteiger charge is -2.32. The highest BCUT2D eigenvalue weighted by Gasteiger charge is 2.34. The van der Waals surface area contributed by atoms with Gasteiger partial charge in [-0.25, -0.2) is 4.79 Å². The average molecular weight is 337 g/mol. The van der Waals surface area contributed by atoms with Gasteiger partial charge in [-0.15, -0.1) is 0 Å². The fourth-order valence-corrected chi connectivity index (χ4v) is 3.23. The molecule has 1 aromatic carbocycles. The van der Waals surface area contributed by atoms with Crippen LogP contribution in [0.3, 0.4) is 0 Å². The molecule has 124 valence electrons. The van der Waals surface area contributed by atoms with Gasteiger partial charge in [0.05, 0.1) is 6.04 Å². The van der Waals surface area contributed by atoms with Crippen LogP contribution in [0.4, 0.5) is 4.79 Å². The van der Waals surface area contributed by atoms with Crippen molar-refractivity contribution in [2.24, 2.45) is 5.92 Å². The first kappa shape index (κ1) is 17.5. The predicted molar refractivity (Wildman–Crippen MR) is 86.2 cm³/mol. The number of rotatable bonds is 5. The van der Waals surface area contributed by atoms with E-state index < -0.39 is 18.4 Å². The second-order valence-electron chi connectivity index (χ2n) is 5.48. The number of hydrogen-bond acceptors (Lipinski definition) is 6. The van der Waals surface area contributed by atoms with E-state index in [9.17, 15) is 14.4 Å². The lowest BCUT2D eigenvalue weighted by molar-refractivity contribution is -0.125. The second kappa shape index (κ2) is 7.61. The van der Waals surface area contributed by atoms with Gasteiger partial charge in [-0.3, -0.25) is 14.9 Å². The Balaban J connectivity index is 2.19. The van der Waals surface area contributed by atoms with Gasteiger partial charge in [0.2, 0.25) is 0 Å². The molecule has 23 heavy (non-hydrogen) atoms. The van der Waals surface area contributed by atoms with Crippen LogP contribution in [0.25, 0.3) is 0 Å². The minimum Gasteiger partial charge on any atom is -0.450 e. The maximum absolute atomic E-state index is 12.7. The van der Waals surface area contributed by atoms with Gasteiger partial charge >= 0.3 is 6.16 Å². The third kappa shape index (κ3) is 4.56. The zero-order chi connectivity index (χ0) is 17.0. The minimum atomic E-state index is -1.38. The summed E-state index contributed by atoms with van der Waals surface area (Å²) in [6.45, 7) is 3.23. The highest BCUT2D eigenvalue weighted by Crippen LogP contribution is 2.29. The predicted octanol–water partition coefficient (Wildman–Crippen LogP) is 2.38. The molecule has 1 aliphatic heterocycles. The van der Waals surface area contributed by atoms with Crippen LogP contribution in [0.2, 0.25) is 0 Å². The van der Waals surface area contributed by atoms with Gasteiger partial charge in [-0.05, 0) is 11.1 Å². The van der Waals surface area contributed by atoms with E-state index >= 15 is 0 Å². The molecule has 0 saturated heterocycles. The SMILES string of the molecule is CC(=O)SCC(C)C(=O)C1NC(OC(=O)O)Cc2ccccc21. The van der Waals surface area contributed by atoms with E-state index in [4.69, 9.17) is 9.84 Å². The summed E-state index contributed by atoms with van der Waals surface area (Å²) in [6, 6.07) is 6.77. The molecule has 2 N–H and O–H groups in total. The number of benzene rings is 1. The Morgan fingerprint density at radius 2 is 2.09 bits per heavy atom. The maximum Gasteiger partial charge on any atom is 0.507 e. The normalized spacial score (nSPS) is 21.1. The molecule has 2 rings (SSSR count). The zero-order valence-corrected chi connectivity index (χ0v) is 13.8. The van der Waals surface area contributed by atoms with Crippen LogP contribution in [-0.2, 0) is 20.7 Å². The summed E-state index contributed by atoms with van der Waals surface area (Å²) in [6.07, 6.45) is -1.76. The fourth-order valence-electron chi connectivity index (χ4n) is 2.58. The van der Waals surface area contributed by atoms with E-state index in [1.165, 1.54) is 6.92 Å². The van der Waals surface area contributed by atoms with Crippen molar-refractivity contribution in [2.45, 2.75) is 32.5 Å². The first-order valence-corrected chi connectivity index (χ1v) is 8.27. The van der Waals surface area contributed by atoms with Crippen molar-refractivity contribution in [3.8, 4) is 0 Å². The molecule has 6 nitrogen and oxygen atoms in total. The Morgan fingerprint density at radius 3 is 2.74 bits per heavy atom. The second-order valence-corrected chi connectivity index (χ2v) is 6.68. The summed E-state index contributed by atoms with van der Waals surface area (Å²) in [5, 5.41) is 11.7. The molecule has 1 heterocycles. The van der Waals surface area contributed by atoms with Gasteiger partial charge in [-0.2, -0.15) is 0 Å². The van der Waals surface area contributed by atoms with Crippen LogP contribution < -0.4 is 5.32 Å². The van der Waals surface area contributed by atoms with E-state index in [0.717, 1.165) is 22.9 Å². The molecule has 0 bridgehead atoms. The number of nitrogens with one attached hydrogen (secondary N) is 1. The zero-order valence-electron chi connectivity index (χ0n) is 12.9. The molecule has 0 radical (unpaired) electrons. The molecule has 1 aliphatic rings. The molecule has 1 aromatic rings. The molecule has 7 heteroatoms. The highest BCUT2D eigenvalue weighted by atomic mass is 32.2. The maximum atomic E-state index is 12.7. The number of carbonyl (C=O) groups is 3. The van der Waals surface area contributed by atoms with Crippen molar-refractivity contribution in [1.82, 2.24) is 5.32 Å². The summed E-state index contributed by atoms with van der Waals surface area (Å²) in [5.74, 6) is -0.0122. The van der Waals surface area contributed by atoms with E-state index in [2.05, 4.69) is 5.32 Å². The van der Waals surface area contributed by atoms with Gasteiger partial charge in [0, 0.05) is 25.0 Å². The molecule has 0 aromatic heterocycles. The molecule has 3 unspecified atom stereocenters. The molecule has 0 saturated carbocycles. The third-order valence-corrected chi connectivity index (χ3v) is 4.75. The van der Waals surface area contributed by atoms with Crippen molar-refractivity contribution >= 4 is 28.8 Å². The van der Waals surface area contributed by atoms with Gasteiger partial charge in [0.1, 0.15) is 0 Å². The first-order valence-electron chi connectivity index (χ1n) is 7.29. The van der Waals surface area contributed by atoms with E-state index in [0.29, 0.717) is 12.2 Å². The number of carbonyl (C=O) groups excluding carboxylic acids is 2. The van der Waals surface area contributed by atoms with Crippen LogP contribution in [0.15, 0.2) is 24.3 Å². The smallest absolute Gasteiger partial charge is 0.450 e. The molecule has 0 spiro atoms. The topological polar surface area (TPSA) is 92.7 Å².